The molecule has 0 aromatic heterocycles. The van der Waals surface area contributed by atoms with Crippen molar-refractivity contribution in [2.45, 2.75) is 44.2 Å². The van der Waals surface area contributed by atoms with E-state index in [1.165, 1.54) is 6.42 Å². The number of rotatable bonds is 5. The van der Waals surface area contributed by atoms with Gasteiger partial charge in [-0.15, -0.1) is 0 Å². The fourth-order valence-electron chi connectivity index (χ4n) is 3.38. The second-order valence-electron chi connectivity index (χ2n) is 6.89. The first kappa shape index (κ1) is 17.1. The molecule has 0 amide bonds. The summed E-state index contributed by atoms with van der Waals surface area (Å²) in [5.74, 6) is 1.67. The van der Waals surface area contributed by atoms with Crippen LogP contribution in [0.2, 0.25) is 0 Å². The molecule has 23 heavy (non-hydrogen) atoms. The highest BCUT2D eigenvalue weighted by Gasteiger charge is 2.31. The molecule has 0 spiro atoms. The number of nitrogens with one attached hydrogen (secondary N) is 1. The van der Waals surface area contributed by atoms with Crippen molar-refractivity contribution in [3.05, 3.63) is 29.6 Å². The van der Waals surface area contributed by atoms with Crippen molar-refractivity contribution < 1.29 is 9.50 Å². The van der Waals surface area contributed by atoms with E-state index in [1.807, 2.05) is 19.1 Å². The molecule has 2 saturated heterocycles. The van der Waals surface area contributed by atoms with Crippen LogP contribution in [0.25, 0.3) is 0 Å². The molecule has 2 N–H and O–H groups in total. The largest absolute Gasteiger partial charge is 0.388 e. The van der Waals surface area contributed by atoms with Crippen LogP contribution in [-0.4, -0.2) is 41.8 Å². The summed E-state index contributed by atoms with van der Waals surface area (Å²) in [5, 5.41) is 13.8. The van der Waals surface area contributed by atoms with Crippen molar-refractivity contribution in [3.63, 3.8) is 0 Å². The highest BCUT2D eigenvalue weighted by Crippen LogP contribution is 2.29. The Morgan fingerprint density at radius 1 is 1.35 bits per heavy atom. The number of benzene rings is 1. The molecule has 2 aliphatic rings. The molecule has 0 bridgehead atoms. The Labute approximate surface area is 142 Å². The van der Waals surface area contributed by atoms with Crippen LogP contribution in [-0.2, 0) is 0 Å². The molecular formula is C18H27FN2OS. The molecule has 5 heteroatoms. The monoisotopic (exact) mass is 338 g/mol. The van der Waals surface area contributed by atoms with E-state index in [4.69, 9.17) is 0 Å². The van der Waals surface area contributed by atoms with E-state index in [2.05, 4.69) is 10.2 Å². The lowest BCUT2D eigenvalue weighted by molar-refractivity contribution is 0.0651. The molecule has 0 saturated carbocycles. The molecule has 128 valence electrons. The minimum Gasteiger partial charge on any atom is -0.388 e. The van der Waals surface area contributed by atoms with Crippen molar-refractivity contribution in [2.24, 2.45) is 0 Å². The van der Waals surface area contributed by atoms with Gasteiger partial charge in [-0.3, -0.25) is 0 Å². The first-order chi connectivity index (χ1) is 11.1. The zero-order chi connectivity index (χ0) is 16.3. The van der Waals surface area contributed by atoms with Crippen molar-refractivity contribution >= 4 is 17.4 Å². The summed E-state index contributed by atoms with van der Waals surface area (Å²) >= 11 is 1.79. The zero-order valence-electron chi connectivity index (χ0n) is 13.9. The number of hydrogen-bond acceptors (Lipinski definition) is 4. The molecule has 0 aliphatic carbocycles. The molecule has 3 nitrogen and oxygen atoms in total. The highest BCUT2D eigenvalue weighted by atomic mass is 32.2. The number of nitrogens with zero attached hydrogens (tertiary/aromatic N) is 1. The van der Waals surface area contributed by atoms with Crippen LogP contribution >= 0.6 is 11.8 Å². The Morgan fingerprint density at radius 2 is 2.13 bits per heavy atom. The molecule has 2 heterocycles. The molecule has 2 fully saturated rings. The van der Waals surface area contributed by atoms with Crippen molar-refractivity contribution in [3.8, 4) is 0 Å². The Bertz CT molecular complexity index is 528. The molecule has 2 atom stereocenters. The Hall–Kier alpha value is -0.780. The van der Waals surface area contributed by atoms with Gasteiger partial charge in [-0.05, 0) is 56.1 Å². The van der Waals surface area contributed by atoms with Crippen LogP contribution < -0.4 is 10.2 Å². The second-order valence-corrected chi connectivity index (χ2v) is 7.99. The third kappa shape index (κ3) is 4.20. The maximum absolute atomic E-state index is 14.5. The maximum atomic E-state index is 14.5. The molecular weight excluding hydrogens is 311 g/mol. The summed E-state index contributed by atoms with van der Waals surface area (Å²) in [6.45, 7) is 4.50. The summed E-state index contributed by atoms with van der Waals surface area (Å²) < 4.78 is 14.5. The minimum absolute atomic E-state index is 0.0366. The van der Waals surface area contributed by atoms with Crippen LogP contribution in [0, 0.1) is 5.82 Å². The lowest BCUT2D eigenvalue weighted by Crippen LogP contribution is -2.41. The molecule has 3 rings (SSSR count). The normalized spacial score (nSPS) is 26.5. The third-order valence-corrected chi connectivity index (χ3v) is 6.22. The van der Waals surface area contributed by atoms with Gasteiger partial charge in [-0.25, -0.2) is 4.39 Å². The van der Waals surface area contributed by atoms with Gasteiger partial charge in [0.05, 0.1) is 11.3 Å². The van der Waals surface area contributed by atoms with Crippen LogP contribution in [0.15, 0.2) is 18.2 Å². The van der Waals surface area contributed by atoms with E-state index in [0.29, 0.717) is 6.54 Å². The van der Waals surface area contributed by atoms with Gasteiger partial charge in [0, 0.05) is 31.4 Å². The standard InChI is InChI=1S/C18H27FN2OS/c1-14(20-12-18(22)7-10-23-13-18)15-5-6-17(16(19)11-15)21-8-3-2-4-9-21/h5-6,11,14,20,22H,2-4,7-10,12-13H2,1H3. The number of hydrogen-bond donors (Lipinski definition) is 2. The summed E-state index contributed by atoms with van der Waals surface area (Å²) in [4.78, 5) is 2.15. The number of piperidine rings is 1. The summed E-state index contributed by atoms with van der Waals surface area (Å²) in [6, 6.07) is 5.61. The Balaban J connectivity index is 1.62. The smallest absolute Gasteiger partial charge is 0.146 e. The molecule has 2 aliphatic heterocycles. The van der Waals surface area contributed by atoms with Gasteiger partial charge in [-0.1, -0.05) is 6.07 Å². The van der Waals surface area contributed by atoms with Crippen LogP contribution in [0.4, 0.5) is 10.1 Å². The van der Waals surface area contributed by atoms with Gasteiger partial charge >= 0.3 is 0 Å². The topological polar surface area (TPSA) is 35.5 Å². The lowest BCUT2D eigenvalue weighted by atomic mass is 10.0. The fourth-order valence-corrected chi connectivity index (χ4v) is 4.68. The zero-order valence-corrected chi connectivity index (χ0v) is 14.7. The van der Waals surface area contributed by atoms with E-state index >= 15 is 0 Å². The van der Waals surface area contributed by atoms with E-state index in [-0.39, 0.29) is 11.9 Å². The van der Waals surface area contributed by atoms with Crippen LogP contribution in [0.5, 0.6) is 0 Å². The average Bonchev–Trinajstić information content (AvgIpc) is 3.00. The van der Waals surface area contributed by atoms with E-state index in [0.717, 1.165) is 55.1 Å². The van der Waals surface area contributed by atoms with Crippen molar-refractivity contribution in [2.75, 3.05) is 36.0 Å². The van der Waals surface area contributed by atoms with E-state index in [9.17, 15) is 9.50 Å². The predicted molar refractivity (Wildman–Crippen MR) is 95.8 cm³/mol. The SMILES string of the molecule is CC(NCC1(O)CCSC1)c1ccc(N2CCCCC2)c(F)c1. The third-order valence-electron chi connectivity index (χ3n) is 4.99. The Kier molecular flexibility index (Phi) is 5.49. The lowest BCUT2D eigenvalue weighted by Gasteiger charge is -2.29. The predicted octanol–water partition coefficient (Wildman–Crippen LogP) is 3.33. The van der Waals surface area contributed by atoms with Gasteiger partial charge < -0.3 is 15.3 Å². The molecule has 2 unspecified atom stereocenters. The van der Waals surface area contributed by atoms with E-state index in [1.54, 1.807) is 17.8 Å². The molecule has 1 aromatic carbocycles. The van der Waals surface area contributed by atoms with Crippen molar-refractivity contribution in [1.82, 2.24) is 5.32 Å². The first-order valence-corrected chi connectivity index (χ1v) is 9.81. The Morgan fingerprint density at radius 3 is 2.78 bits per heavy atom. The maximum Gasteiger partial charge on any atom is 0.146 e. The number of aliphatic hydroxyl groups is 1. The van der Waals surface area contributed by atoms with Gasteiger partial charge in [0.25, 0.3) is 0 Å². The molecule has 0 radical (unpaired) electrons. The summed E-state index contributed by atoms with van der Waals surface area (Å²) in [6.07, 6.45) is 4.38. The highest BCUT2D eigenvalue weighted by molar-refractivity contribution is 7.99. The van der Waals surface area contributed by atoms with Gasteiger partial charge in [0.15, 0.2) is 0 Å². The average molecular weight is 338 g/mol. The number of halogens is 1. The summed E-state index contributed by atoms with van der Waals surface area (Å²) in [5.41, 5.74) is 1.06. The number of thioether (sulfide) groups is 1. The minimum atomic E-state index is -0.606. The summed E-state index contributed by atoms with van der Waals surface area (Å²) in [7, 11) is 0. The quantitative estimate of drug-likeness (QED) is 0.863. The van der Waals surface area contributed by atoms with Crippen molar-refractivity contribution in [1.29, 1.82) is 0 Å². The van der Waals surface area contributed by atoms with Gasteiger partial charge in [-0.2, -0.15) is 11.8 Å². The molecule has 1 aromatic rings. The fraction of sp³-hybridized carbons (Fsp3) is 0.667. The van der Waals surface area contributed by atoms with Gasteiger partial charge in [0.1, 0.15) is 5.82 Å². The first-order valence-electron chi connectivity index (χ1n) is 8.65. The second kappa shape index (κ2) is 7.41. The van der Waals surface area contributed by atoms with E-state index < -0.39 is 5.60 Å². The van der Waals surface area contributed by atoms with Gasteiger partial charge in [0.2, 0.25) is 0 Å². The van der Waals surface area contributed by atoms with Crippen LogP contribution in [0.3, 0.4) is 0 Å². The van der Waals surface area contributed by atoms with Crippen LogP contribution in [0.1, 0.15) is 44.2 Å². The number of anilines is 1.